The van der Waals surface area contributed by atoms with E-state index in [9.17, 15) is 9.59 Å². The molecule has 138 valence electrons. The molecule has 0 N–H and O–H groups in total. The van der Waals surface area contributed by atoms with Gasteiger partial charge >= 0.3 is 5.97 Å². The van der Waals surface area contributed by atoms with Crippen molar-refractivity contribution in [1.29, 1.82) is 0 Å². The Kier molecular flexibility index (Phi) is 6.08. The molecular weight excluding hydrogens is 378 g/mol. The lowest BCUT2D eigenvalue weighted by Crippen LogP contribution is -2.27. The molecule has 2 aromatic rings. The number of thioether (sulfide) groups is 1. The van der Waals surface area contributed by atoms with Crippen LogP contribution >= 0.6 is 24.0 Å². The van der Waals surface area contributed by atoms with Gasteiger partial charge in [-0.3, -0.25) is 9.69 Å². The third kappa shape index (κ3) is 4.28. The van der Waals surface area contributed by atoms with Gasteiger partial charge in [-0.05, 0) is 54.8 Å². The van der Waals surface area contributed by atoms with Gasteiger partial charge in [-0.1, -0.05) is 55.2 Å². The molecular formula is C21H19NO3S2. The van der Waals surface area contributed by atoms with Crippen LogP contribution in [0.3, 0.4) is 0 Å². The summed E-state index contributed by atoms with van der Waals surface area (Å²) in [6, 6.07) is 14.8. The largest absolute Gasteiger partial charge is 0.462 e. The molecule has 1 amide bonds. The minimum absolute atomic E-state index is 0.159. The minimum atomic E-state index is -0.384. The molecule has 2 aromatic carbocycles. The van der Waals surface area contributed by atoms with E-state index in [0.29, 0.717) is 27.1 Å². The van der Waals surface area contributed by atoms with Crippen molar-refractivity contribution < 1.29 is 14.3 Å². The summed E-state index contributed by atoms with van der Waals surface area (Å²) in [5, 5.41) is 0. The first-order valence-corrected chi connectivity index (χ1v) is 9.90. The van der Waals surface area contributed by atoms with Gasteiger partial charge < -0.3 is 4.74 Å². The van der Waals surface area contributed by atoms with Crippen LogP contribution < -0.4 is 4.90 Å². The average Bonchev–Trinajstić information content (AvgIpc) is 2.96. The zero-order valence-electron chi connectivity index (χ0n) is 15.1. The van der Waals surface area contributed by atoms with Gasteiger partial charge in [0.05, 0.1) is 22.8 Å². The van der Waals surface area contributed by atoms with Gasteiger partial charge in [-0.2, -0.15) is 0 Å². The van der Waals surface area contributed by atoms with Gasteiger partial charge in [-0.25, -0.2) is 4.79 Å². The number of amides is 1. The van der Waals surface area contributed by atoms with E-state index in [2.05, 4.69) is 19.1 Å². The van der Waals surface area contributed by atoms with Crippen LogP contribution in [-0.4, -0.2) is 22.8 Å². The molecule has 0 aliphatic carbocycles. The summed E-state index contributed by atoms with van der Waals surface area (Å²) >= 11 is 6.67. The van der Waals surface area contributed by atoms with Crippen LogP contribution in [0.5, 0.6) is 0 Å². The van der Waals surface area contributed by atoms with Crippen LogP contribution in [0.15, 0.2) is 53.4 Å². The lowest BCUT2D eigenvalue weighted by atomic mass is 10.1. The van der Waals surface area contributed by atoms with E-state index in [1.807, 2.05) is 18.2 Å². The highest BCUT2D eigenvalue weighted by atomic mass is 32.2. The molecule has 4 nitrogen and oxygen atoms in total. The normalized spacial score (nSPS) is 15.5. The van der Waals surface area contributed by atoms with E-state index in [-0.39, 0.29) is 11.9 Å². The number of ether oxygens (including phenoxy) is 1. The van der Waals surface area contributed by atoms with Gasteiger partial charge in [0.25, 0.3) is 5.91 Å². The molecule has 1 fully saturated rings. The van der Waals surface area contributed by atoms with Gasteiger partial charge in [0.15, 0.2) is 4.32 Å². The topological polar surface area (TPSA) is 46.6 Å². The standard InChI is InChI=1S/C21H19NO3S2/c1-3-14-5-7-15(8-6-14)13-18-19(23)22(21(26)27-18)17-11-9-16(10-12-17)20(24)25-4-2/h5-13H,3-4H2,1-2H3/b18-13-. The second-order valence-corrected chi connectivity index (χ2v) is 7.56. The quantitative estimate of drug-likeness (QED) is 0.411. The van der Waals surface area contributed by atoms with E-state index in [1.54, 1.807) is 31.2 Å². The number of hydrogen-bond donors (Lipinski definition) is 0. The van der Waals surface area contributed by atoms with Crippen LogP contribution in [0.4, 0.5) is 5.69 Å². The highest BCUT2D eigenvalue weighted by molar-refractivity contribution is 8.27. The molecule has 1 saturated heterocycles. The number of rotatable bonds is 5. The van der Waals surface area contributed by atoms with Crippen molar-refractivity contribution in [2.45, 2.75) is 20.3 Å². The maximum atomic E-state index is 12.8. The maximum absolute atomic E-state index is 12.8. The minimum Gasteiger partial charge on any atom is -0.462 e. The molecule has 1 aliphatic rings. The van der Waals surface area contributed by atoms with Crippen LogP contribution in [0, 0.1) is 0 Å². The van der Waals surface area contributed by atoms with Crippen molar-refractivity contribution >= 4 is 51.9 Å². The van der Waals surface area contributed by atoms with Crippen molar-refractivity contribution in [3.05, 3.63) is 70.1 Å². The third-order valence-electron chi connectivity index (χ3n) is 4.12. The molecule has 0 aromatic heterocycles. The fraction of sp³-hybridized carbons (Fsp3) is 0.190. The Labute approximate surface area is 168 Å². The van der Waals surface area contributed by atoms with Crippen molar-refractivity contribution in [2.75, 3.05) is 11.5 Å². The smallest absolute Gasteiger partial charge is 0.338 e. The Morgan fingerprint density at radius 2 is 1.78 bits per heavy atom. The Hall–Kier alpha value is -2.44. The number of benzene rings is 2. The number of anilines is 1. The second kappa shape index (κ2) is 8.50. The van der Waals surface area contributed by atoms with E-state index >= 15 is 0 Å². The summed E-state index contributed by atoms with van der Waals surface area (Å²) in [5.74, 6) is -0.543. The number of hydrogen-bond acceptors (Lipinski definition) is 5. The molecule has 0 atom stereocenters. The third-order valence-corrected chi connectivity index (χ3v) is 5.42. The molecule has 0 spiro atoms. The molecule has 0 radical (unpaired) electrons. The lowest BCUT2D eigenvalue weighted by molar-refractivity contribution is -0.113. The first-order chi connectivity index (χ1) is 13.0. The molecule has 1 heterocycles. The van der Waals surface area contributed by atoms with Gasteiger partial charge in [0, 0.05) is 0 Å². The highest BCUT2D eigenvalue weighted by Gasteiger charge is 2.33. The number of thiocarbonyl (C=S) groups is 1. The second-order valence-electron chi connectivity index (χ2n) is 5.88. The molecule has 1 aliphatic heterocycles. The summed E-state index contributed by atoms with van der Waals surface area (Å²) in [7, 11) is 0. The zero-order chi connectivity index (χ0) is 19.4. The Morgan fingerprint density at radius 3 is 2.37 bits per heavy atom. The van der Waals surface area contributed by atoms with Gasteiger partial charge in [0.2, 0.25) is 0 Å². The van der Waals surface area contributed by atoms with Crippen molar-refractivity contribution in [3.63, 3.8) is 0 Å². The van der Waals surface area contributed by atoms with Crippen LogP contribution in [0.1, 0.15) is 35.3 Å². The average molecular weight is 398 g/mol. The van der Waals surface area contributed by atoms with Gasteiger partial charge in [0.1, 0.15) is 0 Å². The lowest BCUT2D eigenvalue weighted by Gasteiger charge is -2.14. The Morgan fingerprint density at radius 1 is 1.11 bits per heavy atom. The summed E-state index contributed by atoms with van der Waals surface area (Å²) in [6.07, 6.45) is 2.83. The number of carbonyl (C=O) groups excluding carboxylic acids is 2. The molecule has 0 bridgehead atoms. The highest BCUT2D eigenvalue weighted by Crippen LogP contribution is 2.36. The fourth-order valence-electron chi connectivity index (χ4n) is 2.65. The number of esters is 1. The number of nitrogens with zero attached hydrogens (tertiary/aromatic N) is 1. The molecule has 6 heteroatoms. The Balaban J connectivity index is 1.81. The van der Waals surface area contributed by atoms with Crippen LogP contribution in [-0.2, 0) is 16.0 Å². The van der Waals surface area contributed by atoms with Crippen LogP contribution in [0.25, 0.3) is 6.08 Å². The summed E-state index contributed by atoms with van der Waals surface area (Å²) in [5.41, 5.74) is 3.29. The molecule has 0 unspecified atom stereocenters. The number of aryl methyl sites for hydroxylation is 1. The molecule has 3 rings (SSSR count). The Bertz CT molecular complexity index is 902. The van der Waals surface area contributed by atoms with E-state index in [4.69, 9.17) is 17.0 Å². The summed E-state index contributed by atoms with van der Waals surface area (Å²) in [4.78, 5) is 26.7. The molecule has 27 heavy (non-hydrogen) atoms. The predicted molar refractivity (Wildman–Crippen MR) is 114 cm³/mol. The summed E-state index contributed by atoms with van der Waals surface area (Å²) < 4.78 is 5.45. The summed E-state index contributed by atoms with van der Waals surface area (Å²) in [6.45, 7) is 4.18. The SMILES string of the molecule is CCOC(=O)c1ccc(N2C(=O)/C(=C/c3ccc(CC)cc3)SC2=S)cc1. The van der Waals surface area contributed by atoms with Crippen molar-refractivity contribution in [2.24, 2.45) is 0 Å². The zero-order valence-corrected chi connectivity index (χ0v) is 16.7. The molecule has 0 saturated carbocycles. The van der Waals surface area contributed by atoms with E-state index < -0.39 is 0 Å². The van der Waals surface area contributed by atoms with Crippen molar-refractivity contribution in [3.8, 4) is 0 Å². The fourth-order valence-corrected chi connectivity index (χ4v) is 3.95. The predicted octanol–water partition coefficient (Wildman–Crippen LogP) is 4.83. The maximum Gasteiger partial charge on any atom is 0.338 e. The van der Waals surface area contributed by atoms with E-state index in [1.165, 1.54) is 22.2 Å². The monoisotopic (exact) mass is 397 g/mol. The van der Waals surface area contributed by atoms with Crippen LogP contribution in [0.2, 0.25) is 0 Å². The van der Waals surface area contributed by atoms with Crippen molar-refractivity contribution in [1.82, 2.24) is 0 Å². The first-order valence-electron chi connectivity index (χ1n) is 8.67. The van der Waals surface area contributed by atoms with Gasteiger partial charge in [-0.15, -0.1) is 0 Å². The van der Waals surface area contributed by atoms with E-state index in [0.717, 1.165) is 12.0 Å². The first kappa shape index (κ1) is 19.3. The number of carbonyl (C=O) groups is 2.